The zero-order valence-corrected chi connectivity index (χ0v) is 20.5. The van der Waals surface area contributed by atoms with Crippen LogP contribution in [-0.2, 0) is 14.8 Å². The van der Waals surface area contributed by atoms with Gasteiger partial charge in [-0.25, -0.2) is 8.42 Å². The molecule has 1 amide bonds. The molecule has 8 heteroatoms. The fraction of sp³-hybridized carbons (Fsp3) is 0.240. The summed E-state index contributed by atoms with van der Waals surface area (Å²) in [5.41, 5.74) is 3.06. The summed E-state index contributed by atoms with van der Waals surface area (Å²) in [5.74, 6) is -0.167. The standard InChI is InChI=1S/C25H27ClN2O4S/c1-17-10-12-20(13-11-17)24(19-8-6-5-7-9-19)27-25(29)18(2)28(33(4,30)31)22-16-21(26)14-15-23(22)32-3/h5-16,18,24H,1-4H3,(H,27,29)/t18-,24+/m1/s1. The monoisotopic (exact) mass is 486 g/mol. The van der Waals surface area contributed by atoms with Gasteiger partial charge in [0.2, 0.25) is 15.9 Å². The second-order valence-corrected chi connectivity index (χ2v) is 10.1. The van der Waals surface area contributed by atoms with Gasteiger partial charge < -0.3 is 10.1 Å². The SMILES string of the molecule is COc1ccc(Cl)cc1N([C@H](C)C(=O)N[C@@H](c1ccccc1)c1ccc(C)cc1)S(C)(=O)=O. The summed E-state index contributed by atoms with van der Waals surface area (Å²) in [7, 11) is -2.42. The van der Waals surface area contributed by atoms with Crippen molar-refractivity contribution in [1.82, 2.24) is 5.32 Å². The summed E-state index contributed by atoms with van der Waals surface area (Å²) >= 11 is 6.13. The molecule has 33 heavy (non-hydrogen) atoms. The number of aryl methyl sites for hydroxylation is 1. The zero-order chi connectivity index (χ0) is 24.2. The van der Waals surface area contributed by atoms with E-state index in [9.17, 15) is 13.2 Å². The van der Waals surface area contributed by atoms with Crippen molar-refractivity contribution in [2.45, 2.75) is 25.9 Å². The molecule has 3 aromatic carbocycles. The number of ether oxygens (including phenoxy) is 1. The van der Waals surface area contributed by atoms with Crippen molar-refractivity contribution in [3.05, 3.63) is 94.5 Å². The molecule has 0 aromatic heterocycles. The fourth-order valence-electron chi connectivity index (χ4n) is 3.64. The van der Waals surface area contributed by atoms with Crippen molar-refractivity contribution < 1.29 is 17.9 Å². The van der Waals surface area contributed by atoms with Crippen LogP contribution in [-0.4, -0.2) is 33.7 Å². The van der Waals surface area contributed by atoms with Crippen molar-refractivity contribution in [2.24, 2.45) is 0 Å². The van der Waals surface area contributed by atoms with Crippen molar-refractivity contribution in [1.29, 1.82) is 0 Å². The number of hydrogen-bond donors (Lipinski definition) is 1. The molecule has 0 aliphatic carbocycles. The van der Waals surface area contributed by atoms with Crippen LogP contribution in [0, 0.1) is 6.92 Å². The van der Waals surface area contributed by atoms with Gasteiger partial charge in [-0.05, 0) is 43.2 Å². The van der Waals surface area contributed by atoms with E-state index in [0.717, 1.165) is 27.3 Å². The second-order valence-electron chi connectivity index (χ2n) is 7.81. The van der Waals surface area contributed by atoms with Crippen molar-refractivity contribution in [3.8, 4) is 5.75 Å². The highest BCUT2D eigenvalue weighted by Gasteiger charge is 2.33. The molecule has 3 rings (SSSR count). The molecule has 2 atom stereocenters. The molecular weight excluding hydrogens is 460 g/mol. The van der Waals surface area contributed by atoms with E-state index in [1.807, 2.05) is 61.5 Å². The normalized spacial score (nSPS) is 13.1. The predicted octanol–water partition coefficient (Wildman–Crippen LogP) is 4.72. The minimum atomic E-state index is -3.85. The van der Waals surface area contributed by atoms with E-state index in [0.29, 0.717) is 10.8 Å². The van der Waals surface area contributed by atoms with E-state index in [1.54, 1.807) is 12.1 Å². The average Bonchev–Trinajstić information content (AvgIpc) is 2.78. The molecule has 0 bridgehead atoms. The van der Waals surface area contributed by atoms with Crippen LogP contribution in [0.5, 0.6) is 5.75 Å². The summed E-state index contributed by atoms with van der Waals surface area (Å²) in [6.45, 7) is 3.53. The van der Waals surface area contributed by atoms with Gasteiger partial charge in [-0.3, -0.25) is 9.10 Å². The smallest absolute Gasteiger partial charge is 0.244 e. The highest BCUT2D eigenvalue weighted by molar-refractivity contribution is 7.92. The summed E-state index contributed by atoms with van der Waals surface area (Å²) in [6.07, 6.45) is 1.05. The first-order chi connectivity index (χ1) is 15.6. The van der Waals surface area contributed by atoms with Gasteiger partial charge in [0.1, 0.15) is 11.8 Å². The van der Waals surface area contributed by atoms with Gasteiger partial charge in [0.25, 0.3) is 0 Å². The van der Waals surface area contributed by atoms with E-state index < -0.39 is 28.0 Å². The number of hydrogen-bond acceptors (Lipinski definition) is 4. The van der Waals surface area contributed by atoms with Crippen LogP contribution in [0.15, 0.2) is 72.8 Å². The van der Waals surface area contributed by atoms with Crippen LogP contribution in [0.4, 0.5) is 5.69 Å². The first kappa shape index (κ1) is 24.6. The number of sulfonamides is 1. The third kappa shape index (κ3) is 5.86. The van der Waals surface area contributed by atoms with Crippen LogP contribution in [0.3, 0.4) is 0 Å². The third-order valence-electron chi connectivity index (χ3n) is 5.30. The van der Waals surface area contributed by atoms with Crippen LogP contribution < -0.4 is 14.4 Å². The first-order valence-corrected chi connectivity index (χ1v) is 12.6. The lowest BCUT2D eigenvalue weighted by Crippen LogP contribution is -2.49. The summed E-state index contributed by atoms with van der Waals surface area (Å²) < 4.78 is 31.9. The molecule has 1 N–H and O–H groups in total. The topological polar surface area (TPSA) is 75.7 Å². The number of carbonyl (C=O) groups is 1. The Labute approximate surface area is 200 Å². The lowest BCUT2D eigenvalue weighted by Gasteiger charge is -2.31. The van der Waals surface area contributed by atoms with E-state index in [2.05, 4.69) is 5.32 Å². The Kier molecular flexibility index (Phi) is 7.66. The summed E-state index contributed by atoms with van der Waals surface area (Å²) in [4.78, 5) is 13.4. The first-order valence-electron chi connectivity index (χ1n) is 10.4. The molecule has 0 radical (unpaired) electrons. The lowest BCUT2D eigenvalue weighted by atomic mass is 9.97. The molecule has 0 aliphatic heterocycles. The van der Waals surface area contributed by atoms with E-state index >= 15 is 0 Å². The molecule has 0 fully saturated rings. The highest BCUT2D eigenvalue weighted by Crippen LogP contribution is 2.34. The Balaban J connectivity index is 2.00. The Bertz CT molecular complexity index is 1210. The molecule has 3 aromatic rings. The van der Waals surface area contributed by atoms with E-state index in [1.165, 1.54) is 20.1 Å². The van der Waals surface area contributed by atoms with E-state index in [-0.39, 0.29) is 5.69 Å². The Morgan fingerprint density at radius 3 is 2.18 bits per heavy atom. The maximum atomic E-state index is 13.4. The zero-order valence-electron chi connectivity index (χ0n) is 18.9. The maximum Gasteiger partial charge on any atom is 0.244 e. The number of halogens is 1. The van der Waals surface area contributed by atoms with Crippen LogP contribution in [0.25, 0.3) is 0 Å². The minimum absolute atomic E-state index is 0.196. The lowest BCUT2D eigenvalue weighted by molar-refractivity contribution is -0.122. The third-order valence-corrected chi connectivity index (χ3v) is 6.76. The molecule has 0 aliphatic rings. The molecule has 0 saturated carbocycles. The number of carbonyl (C=O) groups excluding carboxylic acids is 1. The summed E-state index contributed by atoms with van der Waals surface area (Å²) in [6, 6.07) is 20.5. The fourth-order valence-corrected chi connectivity index (χ4v) is 4.98. The molecule has 0 spiro atoms. The predicted molar refractivity (Wildman–Crippen MR) is 132 cm³/mol. The van der Waals surface area contributed by atoms with E-state index in [4.69, 9.17) is 16.3 Å². The quantitative estimate of drug-likeness (QED) is 0.500. The number of amides is 1. The maximum absolute atomic E-state index is 13.4. The molecule has 0 saturated heterocycles. The summed E-state index contributed by atoms with van der Waals surface area (Å²) in [5, 5.41) is 3.35. The number of nitrogens with zero attached hydrogens (tertiary/aromatic N) is 1. The van der Waals surface area contributed by atoms with Crippen LogP contribution in [0.1, 0.15) is 29.7 Å². The van der Waals surface area contributed by atoms with Crippen molar-refractivity contribution >= 4 is 33.2 Å². The minimum Gasteiger partial charge on any atom is -0.495 e. The number of benzene rings is 3. The van der Waals surface area contributed by atoms with Crippen molar-refractivity contribution in [3.63, 3.8) is 0 Å². The molecule has 0 unspecified atom stereocenters. The Morgan fingerprint density at radius 1 is 1.00 bits per heavy atom. The van der Waals surface area contributed by atoms with Gasteiger partial charge in [-0.2, -0.15) is 0 Å². The van der Waals surface area contributed by atoms with Crippen LogP contribution in [0.2, 0.25) is 5.02 Å². The Hall–Kier alpha value is -3.03. The number of methoxy groups -OCH3 is 1. The molecule has 0 heterocycles. The average molecular weight is 487 g/mol. The second kappa shape index (κ2) is 10.3. The highest BCUT2D eigenvalue weighted by atomic mass is 35.5. The van der Waals surface area contributed by atoms with Gasteiger partial charge in [0.05, 0.1) is 25.1 Å². The van der Waals surface area contributed by atoms with Gasteiger partial charge in [0, 0.05) is 5.02 Å². The van der Waals surface area contributed by atoms with Gasteiger partial charge in [0.15, 0.2) is 0 Å². The van der Waals surface area contributed by atoms with Gasteiger partial charge in [-0.15, -0.1) is 0 Å². The number of anilines is 1. The van der Waals surface area contributed by atoms with Crippen molar-refractivity contribution in [2.75, 3.05) is 17.7 Å². The molecule has 6 nitrogen and oxygen atoms in total. The molecular formula is C25H27ClN2O4S. The van der Waals surface area contributed by atoms with Crippen LogP contribution >= 0.6 is 11.6 Å². The van der Waals surface area contributed by atoms with Gasteiger partial charge in [-0.1, -0.05) is 71.8 Å². The van der Waals surface area contributed by atoms with Gasteiger partial charge >= 0.3 is 0 Å². The Morgan fingerprint density at radius 2 is 1.61 bits per heavy atom. The number of rotatable bonds is 8. The number of nitrogens with one attached hydrogen (secondary N) is 1. The molecule has 174 valence electrons. The largest absolute Gasteiger partial charge is 0.495 e.